The van der Waals surface area contributed by atoms with Gasteiger partial charge in [0.2, 0.25) is 0 Å². The third kappa shape index (κ3) is 2.74. The van der Waals surface area contributed by atoms with Gasteiger partial charge in [-0.3, -0.25) is 0 Å². The number of hydrogen-bond donors (Lipinski definition) is 0. The number of nitrogens with zero attached hydrogens (tertiary/aromatic N) is 1. The predicted molar refractivity (Wildman–Crippen MR) is 57.1 cm³/mol. The van der Waals surface area contributed by atoms with E-state index in [1.54, 1.807) is 6.07 Å². The maximum atomic E-state index is 12.8. The van der Waals surface area contributed by atoms with Gasteiger partial charge < -0.3 is 4.74 Å². The van der Waals surface area contributed by atoms with Crippen LogP contribution >= 0.6 is 11.6 Å². The van der Waals surface area contributed by atoms with Crippen molar-refractivity contribution in [2.24, 2.45) is 0 Å². The minimum absolute atomic E-state index is 0.291. The van der Waals surface area contributed by atoms with Crippen molar-refractivity contribution in [3.05, 3.63) is 34.4 Å². The molecule has 18 heavy (non-hydrogen) atoms. The number of alkyl halides is 4. The summed E-state index contributed by atoms with van der Waals surface area (Å²) in [7, 11) is 1.04. The molecule has 0 fully saturated rings. The molecular weight excluding hydrogens is 271 g/mol. The van der Waals surface area contributed by atoms with E-state index in [1.165, 1.54) is 0 Å². The maximum absolute atomic E-state index is 12.8. The van der Waals surface area contributed by atoms with Gasteiger partial charge in [-0.15, -0.1) is 11.6 Å². The molecular formula is C11H7ClF3NO2. The molecule has 0 amide bonds. The Morgan fingerprint density at radius 2 is 2.11 bits per heavy atom. The predicted octanol–water partition coefficient (Wildman–Crippen LogP) is 3.10. The van der Waals surface area contributed by atoms with E-state index < -0.39 is 23.6 Å². The Morgan fingerprint density at radius 1 is 1.50 bits per heavy atom. The highest BCUT2D eigenvalue weighted by atomic mass is 35.5. The molecule has 96 valence electrons. The lowest BCUT2D eigenvalue weighted by atomic mass is 9.99. The molecule has 0 saturated carbocycles. The van der Waals surface area contributed by atoms with Crippen LogP contribution in [0.1, 0.15) is 27.0 Å². The number of hydrogen-bond acceptors (Lipinski definition) is 3. The van der Waals surface area contributed by atoms with Crippen LogP contribution in [0, 0.1) is 11.3 Å². The number of carbonyl (C=O) groups excluding carboxylic acids is 1. The van der Waals surface area contributed by atoms with E-state index in [9.17, 15) is 18.0 Å². The van der Waals surface area contributed by atoms with Crippen molar-refractivity contribution in [1.82, 2.24) is 0 Å². The van der Waals surface area contributed by atoms with Gasteiger partial charge in [-0.05, 0) is 17.7 Å². The standard InChI is InChI=1S/C11H7ClF3NO2/c1-18-10(17)6-2-7(5-16)8(4-12)9(3-6)11(13,14)15/h2-3H,4H2,1H3. The number of methoxy groups -OCH3 is 1. The van der Waals surface area contributed by atoms with E-state index in [-0.39, 0.29) is 16.7 Å². The minimum Gasteiger partial charge on any atom is -0.465 e. The van der Waals surface area contributed by atoms with Crippen LogP contribution in [-0.2, 0) is 16.8 Å². The van der Waals surface area contributed by atoms with Crippen LogP contribution in [0.25, 0.3) is 0 Å². The highest BCUT2D eigenvalue weighted by Crippen LogP contribution is 2.35. The first kappa shape index (κ1) is 14.3. The highest BCUT2D eigenvalue weighted by molar-refractivity contribution is 6.17. The fourth-order valence-electron chi connectivity index (χ4n) is 1.40. The summed E-state index contributed by atoms with van der Waals surface area (Å²) in [4.78, 5) is 11.2. The van der Waals surface area contributed by atoms with Crippen LogP contribution in [0.5, 0.6) is 0 Å². The van der Waals surface area contributed by atoms with Crippen LogP contribution in [0.15, 0.2) is 12.1 Å². The lowest BCUT2D eigenvalue weighted by molar-refractivity contribution is -0.138. The molecule has 0 heterocycles. The van der Waals surface area contributed by atoms with Crippen LogP contribution in [0.2, 0.25) is 0 Å². The lowest BCUT2D eigenvalue weighted by Gasteiger charge is -2.14. The Morgan fingerprint density at radius 3 is 2.50 bits per heavy atom. The third-order valence-corrected chi connectivity index (χ3v) is 2.50. The van der Waals surface area contributed by atoms with Crippen molar-refractivity contribution in [3.8, 4) is 6.07 Å². The second-order valence-electron chi connectivity index (χ2n) is 3.28. The van der Waals surface area contributed by atoms with E-state index in [2.05, 4.69) is 4.74 Å². The summed E-state index contributed by atoms with van der Waals surface area (Å²) < 4.78 is 42.7. The van der Waals surface area contributed by atoms with Gasteiger partial charge in [-0.1, -0.05) is 0 Å². The van der Waals surface area contributed by atoms with E-state index in [0.717, 1.165) is 13.2 Å². The molecule has 0 aliphatic heterocycles. The number of carbonyl (C=O) groups is 1. The molecule has 0 saturated heterocycles. The molecule has 0 N–H and O–H groups in total. The van der Waals surface area contributed by atoms with Crippen molar-refractivity contribution < 1.29 is 22.7 Å². The van der Waals surface area contributed by atoms with Crippen molar-refractivity contribution in [2.75, 3.05) is 7.11 Å². The Balaban J connectivity index is 3.57. The van der Waals surface area contributed by atoms with Crippen LogP contribution in [-0.4, -0.2) is 13.1 Å². The van der Waals surface area contributed by atoms with Gasteiger partial charge in [0, 0.05) is 5.88 Å². The summed E-state index contributed by atoms with van der Waals surface area (Å²) >= 11 is 5.42. The summed E-state index contributed by atoms with van der Waals surface area (Å²) in [6, 6.07) is 3.24. The first-order valence-corrected chi connectivity index (χ1v) is 5.17. The SMILES string of the molecule is COC(=O)c1cc(C#N)c(CCl)c(C(F)(F)F)c1. The number of esters is 1. The normalized spacial score (nSPS) is 10.9. The van der Waals surface area contributed by atoms with Gasteiger partial charge >= 0.3 is 12.1 Å². The summed E-state index contributed by atoms with van der Waals surface area (Å²) in [5, 5.41) is 8.79. The molecule has 0 bridgehead atoms. The monoisotopic (exact) mass is 277 g/mol. The van der Waals surface area contributed by atoms with Crippen LogP contribution in [0.3, 0.4) is 0 Å². The highest BCUT2D eigenvalue weighted by Gasteiger charge is 2.35. The molecule has 3 nitrogen and oxygen atoms in total. The molecule has 1 rings (SSSR count). The molecule has 1 aromatic carbocycles. The van der Waals surface area contributed by atoms with Gasteiger partial charge in [-0.2, -0.15) is 18.4 Å². The second kappa shape index (κ2) is 5.27. The average Bonchev–Trinajstić information content (AvgIpc) is 2.34. The fourth-order valence-corrected chi connectivity index (χ4v) is 1.69. The summed E-state index contributed by atoms with van der Waals surface area (Å²) in [5.74, 6) is -1.42. The number of rotatable bonds is 2. The van der Waals surface area contributed by atoms with E-state index in [4.69, 9.17) is 16.9 Å². The number of benzene rings is 1. The Hall–Kier alpha value is -1.74. The Labute approximate surface area is 106 Å². The molecule has 1 aromatic rings. The van der Waals surface area contributed by atoms with Gasteiger partial charge in [-0.25, -0.2) is 4.79 Å². The second-order valence-corrected chi connectivity index (χ2v) is 3.55. The Kier molecular flexibility index (Phi) is 4.19. The molecule has 7 heteroatoms. The largest absolute Gasteiger partial charge is 0.465 e. The quantitative estimate of drug-likeness (QED) is 0.616. The molecule has 0 unspecified atom stereocenters. The molecule has 0 atom stereocenters. The topological polar surface area (TPSA) is 50.1 Å². The van der Waals surface area contributed by atoms with Crippen LogP contribution < -0.4 is 0 Å². The zero-order valence-corrected chi connectivity index (χ0v) is 9.89. The van der Waals surface area contributed by atoms with E-state index >= 15 is 0 Å². The number of ether oxygens (including phenoxy) is 1. The van der Waals surface area contributed by atoms with Crippen molar-refractivity contribution >= 4 is 17.6 Å². The molecule has 0 aromatic heterocycles. The van der Waals surface area contributed by atoms with Gasteiger partial charge in [0.1, 0.15) is 0 Å². The van der Waals surface area contributed by atoms with Crippen LogP contribution in [0.4, 0.5) is 13.2 Å². The third-order valence-electron chi connectivity index (χ3n) is 2.23. The molecule has 0 aliphatic rings. The first-order valence-electron chi connectivity index (χ1n) is 4.63. The van der Waals surface area contributed by atoms with Crippen molar-refractivity contribution in [3.63, 3.8) is 0 Å². The van der Waals surface area contributed by atoms with Gasteiger partial charge in [0.15, 0.2) is 0 Å². The van der Waals surface area contributed by atoms with Crippen molar-refractivity contribution in [2.45, 2.75) is 12.1 Å². The molecule has 0 radical (unpaired) electrons. The lowest BCUT2D eigenvalue weighted by Crippen LogP contribution is -2.13. The minimum atomic E-state index is -4.69. The smallest absolute Gasteiger partial charge is 0.416 e. The maximum Gasteiger partial charge on any atom is 0.416 e. The van der Waals surface area contributed by atoms with Crippen molar-refractivity contribution in [1.29, 1.82) is 5.26 Å². The summed E-state index contributed by atoms with van der Waals surface area (Å²) in [6.45, 7) is 0. The Bertz CT molecular complexity index is 520. The molecule has 0 aliphatic carbocycles. The first-order chi connectivity index (χ1) is 8.35. The van der Waals surface area contributed by atoms with E-state index in [1.807, 2.05) is 0 Å². The van der Waals surface area contributed by atoms with Gasteiger partial charge in [0.25, 0.3) is 0 Å². The molecule has 0 spiro atoms. The number of nitriles is 1. The summed E-state index contributed by atoms with van der Waals surface area (Å²) in [5.41, 5.74) is -2.08. The number of halogens is 4. The average molecular weight is 278 g/mol. The fraction of sp³-hybridized carbons (Fsp3) is 0.273. The van der Waals surface area contributed by atoms with Gasteiger partial charge in [0.05, 0.1) is 29.9 Å². The zero-order valence-electron chi connectivity index (χ0n) is 9.14. The summed E-state index contributed by atoms with van der Waals surface area (Å²) in [6.07, 6.45) is -4.69. The van der Waals surface area contributed by atoms with E-state index in [0.29, 0.717) is 6.07 Å². The zero-order chi connectivity index (χ0) is 13.9.